The van der Waals surface area contributed by atoms with Gasteiger partial charge in [-0.3, -0.25) is 0 Å². The van der Waals surface area contributed by atoms with Crippen molar-refractivity contribution in [3.05, 3.63) is 29.3 Å². The fourth-order valence-corrected chi connectivity index (χ4v) is 1.46. The third-order valence-corrected chi connectivity index (χ3v) is 2.66. The van der Waals surface area contributed by atoms with Gasteiger partial charge in [0.2, 0.25) is 0 Å². The molecule has 0 saturated carbocycles. The zero-order valence-corrected chi connectivity index (χ0v) is 10.2. The summed E-state index contributed by atoms with van der Waals surface area (Å²) in [5.74, 6) is 1.09. The molecule has 0 bridgehead atoms. The number of benzene rings is 1. The Morgan fingerprint density at radius 2 is 1.87 bits per heavy atom. The van der Waals surface area contributed by atoms with Crippen LogP contribution in [0.2, 0.25) is 0 Å². The van der Waals surface area contributed by atoms with Crippen molar-refractivity contribution >= 4 is 0 Å². The second-order valence-corrected chi connectivity index (χ2v) is 3.89. The van der Waals surface area contributed by atoms with Gasteiger partial charge in [-0.1, -0.05) is 45.7 Å². The normalized spacial score (nSPS) is 12.5. The summed E-state index contributed by atoms with van der Waals surface area (Å²) >= 11 is 0. The zero-order chi connectivity index (χ0) is 11.1. The molecule has 1 heteroatoms. The van der Waals surface area contributed by atoms with Crippen LogP contribution in [-0.4, -0.2) is 6.61 Å². The molecule has 0 amide bonds. The molecular weight excluding hydrogens is 184 g/mol. The predicted octanol–water partition coefficient (Wildman–Crippen LogP) is 3.99. The number of hydrogen-bond donors (Lipinski definition) is 0. The molecule has 1 aliphatic rings. The highest BCUT2D eigenvalue weighted by atomic mass is 16.5. The lowest BCUT2D eigenvalue weighted by molar-refractivity contribution is 0.357. The molecule has 0 saturated heterocycles. The van der Waals surface area contributed by atoms with Gasteiger partial charge in [0.25, 0.3) is 0 Å². The van der Waals surface area contributed by atoms with Crippen LogP contribution in [0.5, 0.6) is 5.75 Å². The number of aryl methyl sites for hydroxylation is 1. The van der Waals surface area contributed by atoms with Crippen molar-refractivity contribution in [3.8, 4) is 5.75 Å². The number of ether oxygens (including phenoxy) is 1. The summed E-state index contributed by atoms with van der Waals surface area (Å²) in [4.78, 5) is 0. The van der Waals surface area contributed by atoms with Crippen LogP contribution in [0.15, 0.2) is 18.2 Å². The van der Waals surface area contributed by atoms with Crippen LogP contribution in [0.25, 0.3) is 0 Å². The van der Waals surface area contributed by atoms with Crippen LogP contribution in [0.3, 0.4) is 0 Å². The van der Waals surface area contributed by atoms with Gasteiger partial charge in [0.05, 0.1) is 6.61 Å². The molecule has 1 aromatic carbocycles. The van der Waals surface area contributed by atoms with E-state index in [0.717, 1.165) is 25.2 Å². The molecule has 0 unspecified atom stereocenters. The Hall–Kier alpha value is -0.980. The lowest BCUT2D eigenvalue weighted by Crippen LogP contribution is -1.85. The maximum atomic E-state index is 5.40. The molecule has 2 rings (SSSR count). The van der Waals surface area contributed by atoms with Gasteiger partial charge in [0.15, 0.2) is 0 Å². The third kappa shape index (κ3) is 3.58. The Labute approximate surface area is 93.5 Å². The third-order valence-electron chi connectivity index (χ3n) is 2.66. The molecule has 1 nitrogen and oxygen atoms in total. The summed E-state index contributed by atoms with van der Waals surface area (Å²) in [5.41, 5.74) is 2.79. The van der Waals surface area contributed by atoms with Gasteiger partial charge in [-0.25, -0.2) is 0 Å². The van der Waals surface area contributed by atoms with E-state index in [1.165, 1.54) is 24.0 Å². The first kappa shape index (κ1) is 12.1. The van der Waals surface area contributed by atoms with E-state index in [9.17, 15) is 0 Å². The van der Waals surface area contributed by atoms with Gasteiger partial charge in [-0.05, 0) is 23.6 Å². The van der Waals surface area contributed by atoms with Crippen molar-refractivity contribution in [1.82, 2.24) is 0 Å². The summed E-state index contributed by atoms with van der Waals surface area (Å²) in [6.45, 7) is 7.40. The summed E-state index contributed by atoms with van der Waals surface area (Å²) < 4.78 is 5.40. The molecule has 1 heterocycles. The summed E-state index contributed by atoms with van der Waals surface area (Å²) in [5, 5.41) is 0. The van der Waals surface area contributed by atoms with Gasteiger partial charge in [0.1, 0.15) is 5.75 Å². The van der Waals surface area contributed by atoms with Gasteiger partial charge in [-0.15, -0.1) is 0 Å². The Balaban J connectivity index is 0.000000245. The van der Waals surface area contributed by atoms with E-state index in [1.54, 1.807) is 0 Å². The molecule has 0 spiro atoms. The fourth-order valence-electron chi connectivity index (χ4n) is 1.46. The van der Waals surface area contributed by atoms with Crippen LogP contribution in [0, 0.1) is 0 Å². The number of hydrogen-bond acceptors (Lipinski definition) is 1. The molecule has 84 valence electrons. The molecule has 0 atom stereocenters. The van der Waals surface area contributed by atoms with Crippen molar-refractivity contribution < 1.29 is 4.74 Å². The average molecular weight is 206 g/mol. The second-order valence-electron chi connectivity index (χ2n) is 3.89. The first-order valence-electron chi connectivity index (χ1n) is 6.06. The summed E-state index contributed by atoms with van der Waals surface area (Å²) in [6, 6.07) is 6.48. The van der Waals surface area contributed by atoms with Gasteiger partial charge in [-0.2, -0.15) is 0 Å². The minimum atomic E-state index is 0.864. The first-order valence-corrected chi connectivity index (χ1v) is 6.06. The quantitative estimate of drug-likeness (QED) is 0.711. The van der Waals surface area contributed by atoms with E-state index in [1.807, 2.05) is 0 Å². The monoisotopic (exact) mass is 206 g/mol. The van der Waals surface area contributed by atoms with E-state index >= 15 is 0 Å². The van der Waals surface area contributed by atoms with E-state index in [-0.39, 0.29) is 0 Å². The Morgan fingerprint density at radius 1 is 1.13 bits per heavy atom. The van der Waals surface area contributed by atoms with Gasteiger partial charge in [0, 0.05) is 6.42 Å². The molecule has 1 aliphatic heterocycles. The SMILES string of the molecule is CCCC.CCc1ccc2c(c1)CCO2. The standard InChI is InChI=1S/C10H12O.C4H10/c1-2-8-3-4-10-9(7-8)5-6-11-10;1-3-4-2/h3-4,7H,2,5-6H2,1H3;3-4H2,1-2H3. The van der Waals surface area contributed by atoms with Crippen LogP contribution < -0.4 is 4.74 Å². The number of fused-ring (bicyclic) bond motifs is 1. The Bertz CT molecular complexity index is 289. The number of unbranched alkanes of at least 4 members (excludes halogenated alkanes) is 1. The predicted molar refractivity (Wildman–Crippen MR) is 65.6 cm³/mol. The average Bonchev–Trinajstić information content (AvgIpc) is 2.76. The fraction of sp³-hybridized carbons (Fsp3) is 0.571. The second kappa shape index (κ2) is 6.49. The number of rotatable bonds is 2. The molecular formula is C14H22O. The van der Waals surface area contributed by atoms with Crippen molar-refractivity contribution in [2.45, 2.75) is 46.5 Å². The Morgan fingerprint density at radius 3 is 2.47 bits per heavy atom. The van der Waals surface area contributed by atoms with Crippen molar-refractivity contribution in [3.63, 3.8) is 0 Å². The van der Waals surface area contributed by atoms with Crippen molar-refractivity contribution in [2.75, 3.05) is 6.61 Å². The smallest absolute Gasteiger partial charge is 0.122 e. The van der Waals surface area contributed by atoms with E-state index in [4.69, 9.17) is 4.74 Å². The van der Waals surface area contributed by atoms with E-state index < -0.39 is 0 Å². The lowest BCUT2D eigenvalue weighted by atomic mass is 10.1. The highest BCUT2D eigenvalue weighted by molar-refractivity contribution is 5.39. The van der Waals surface area contributed by atoms with E-state index in [2.05, 4.69) is 39.0 Å². The maximum absolute atomic E-state index is 5.40. The van der Waals surface area contributed by atoms with Crippen LogP contribution in [-0.2, 0) is 12.8 Å². The highest BCUT2D eigenvalue weighted by Crippen LogP contribution is 2.25. The molecule has 1 aromatic rings. The van der Waals surface area contributed by atoms with Crippen molar-refractivity contribution in [2.24, 2.45) is 0 Å². The first-order chi connectivity index (χ1) is 7.31. The van der Waals surface area contributed by atoms with Crippen LogP contribution in [0.1, 0.15) is 44.7 Å². The minimum Gasteiger partial charge on any atom is -0.493 e. The summed E-state index contributed by atoms with van der Waals surface area (Å²) in [6.07, 6.45) is 4.84. The lowest BCUT2D eigenvalue weighted by Gasteiger charge is -2.00. The highest BCUT2D eigenvalue weighted by Gasteiger charge is 2.10. The van der Waals surface area contributed by atoms with Crippen molar-refractivity contribution in [1.29, 1.82) is 0 Å². The largest absolute Gasteiger partial charge is 0.493 e. The van der Waals surface area contributed by atoms with E-state index in [0.29, 0.717) is 0 Å². The maximum Gasteiger partial charge on any atom is 0.122 e. The molecule has 0 fully saturated rings. The zero-order valence-electron chi connectivity index (χ0n) is 10.2. The molecule has 15 heavy (non-hydrogen) atoms. The van der Waals surface area contributed by atoms with Gasteiger partial charge >= 0.3 is 0 Å². The van der Waals surface area contributed by atoms with Crippen LogP contribution in [0.4, 0.5) is 0 Å². The molecule has 0 aliphatic carbocycles. The van der Waals surface area contributed by atoms with Crippen LogP contribution >= 0.6 is 0 Å². The molecule has 0 aromatic heterocycles. The topological polar surface area (TPSA) is 9.23 Å². The molecule has 0 N–H and O–H groups in total. The van der Waals surface area contributed by atoms with Gasteiger partial charge < -0.3 is 4.74 Å². The molecule has 0 radical (unpaired) electrons. The summed E-state index contributed by atoms with van der Waals surface area (Å²) in [7, 11) is 0. The minimum absolute atomic E-state index is 0.864. The Kier molecular flexibility index (Phi) is 5.23.